The van der Waals surface area contributed by atoms with Crippen LogP contribution in [0.5, 0.6) is 0 Å². The van der Waals surface area contributed by atoms with Gasteiger partial charge in [0.25, 0.3) is 0 Å². The van der Waals surface area contributed by atoms with Gasteiger partial charge in [0.15, 0.2) is 6.10 Å². The predicted molar refractivity (Wildman–Crippen MR) is 68.6 cm³/mol. The van der Waals surface area contributed by atoms with E-state index < -0.39 is 12.1 Å². The van der Waals surface area contributed by atoms with Gasteiger partial charge in [0, 0.05) is 13.1 Å². The van der Waals surface area contributed by atoms with Crippen LogP contribution in [0.2, 0.25) is 0 Å². The first-order valence-electron chi connectivity index (χ1n) is 6.94. The lowest BCUT2D eigenvalue weighted by molar-refractivity contribution is -0.149. The second kappa shape index (κ2) is 6.50. The van der Waals surface area contributed by atoms with Crippen LogP contribution in [0.4, 0.5) is 0 Å². The number of hydrogen-bond acceptors (Lipinski definition) is 4. The van der Waals surface area contributed by atoms with Crippen molar-refractivity contribution < 1.29 is 14.6 Å². The topological polar surface area (TPSA) is 61.8 Å². The molecule has 2 rings (SSSR count). The lowest BCUT2D eigenvalue weighted by atomic mass is 9.97. The van der Waals surface area contributed by atoms with E-state index in [2.05, 4.69) is 10.2 Å². The highest BCUT2D eigenvalue weighted by Crippen LogP contribution is 2.23. The number of carbonyl (C=O) groups is 1. The SMILES string of the molecule is CNCC1CCCN(CC2CCC(C(=O)O)O2)C1. The molecule has 0 amide bonds. The molecule has 5 heteroatoms. The third-order valence-corrected chi connectivity index (χ3v) is 3.94. The minimum absolute atomic E-state index is 0.111. The van der Waals surface area contributed by atoms with E-state index >= 15 is 0 Å². The number of hydrogen-bond donors (Lipinski definition) is 2. The van der Waals surface area contributed by atoms with Crippen molar-refractivity contribution in [2.45, 2.75) is 37.9 Å². The van der Waals surface area contributed by atoms with Crippen molar-refractivity contribution in [1.82, 2.24) is 10.2 Å². The highest BCUT2D eigenvalue weighted by Gasteiger charge is 2.32. The molecule has 5 nitrogen and oxygen atoms in total. The van der Waals surface area contributed by atoms with Crippen molar-refractivity contribution in [3.05, 3.63) is 0 Å². The average Bonchev–Trinajstić information content (AvgIpc) is 2.78. The molecule has 2 aliphatic heterocycles. The zero-order valence-electron chi connectivity index (χ0n) is 11.1. The van der Waals surface area contributed by atoms with Crippen LogP contribution < -0.4 is 5.32 Å². The number of nitrogens with zero attached hydrogens (tertiary/aromatic N) is 1. The van der Waals surface area contributed by atoms with Crippen molar-refractivity contribution in [3.8, 4) is 0 Å². The fraction of sp³-hybridized carbons (Fsp3) is 0.923. The van der Waals surface area contributed by atoms with Gasteiger partial charge in [0.05, 0.1) is 6.10 Å². The summed E-state index contributed by atoms with van der Waals surface area (Å²) >= 11 is 0. The van der Waals surface area contributed by atoms with E-state index in [0.29, 0.717) is 6.42 Å². The Hall–Kier alpha value is -0.650. The summed E-state index contributed by atoms with van der Waals surface area (Å²) in [5.74, 6) is -0.0929. The molecule has 104 valence electrons. The molecule has 3 unspecified atom stereocenters. The van der Waals surface area contributed by atoms with Gasteiger partial charge in [0.1, 0.15) is 0 Å². The number of rotatable bonds is 5. The van der Waals surface area contributed by atoms with Crippen LogP contribution in [-0.4, -0.2) is 61.4 Å². The molecule has 0 aromatic rings. The van der Waals surface area contributed by atoms with E-state index in [1.807, 2.05) is 7.05 Å². The molecular formula is C13H24N2O3. The number of carboxylic acids is 1. The Kier molecular flexibility index (Phi) is 4.97. The molecule has 2 saturated heterocycles. The number of carboxylic acid groups (broad SMARTS) is 1. The van der Waals surface area contributed by atoms with Gasteiger partial charge in [-0.3, -0.25) is 0 Å². The summed E-state index contributed by atoms with van der Waals surface area (Å²) < 4.78 is 5.56. The maximum absolute atomic E-state index is 10.8. The Balaban J connectivity index is 1.74. The number of likely N-dealkylation sites (tertiary alicyclic amines) is 1. The van der Waals surface area contributed by atoms with Crippen molar-refractivity contribution in [2.24, 2.45) is 5.92 Å². The molecule has 0 saturated carbocycles. The monoisotopic (exact) mass is 256 g/mol. The second-order valence-electron chi connectivity index (χ2n) is 5.49. The minimum atomic E-state index is -0.816. The number of piperidine rings is 1. The fourth-order valence-electron chi connectivity index (χ4n) is 3.08. The van der Waals surface area contributed by atoms with Crippen molar-refractivity contribution in [2.75, 3.05) is 33.2 Å². The van der Waals surface area contributed by atoms with Gasteiger partial charge in [0.2, 0.25) is 0 Å². The second-order valence-corrected chi connectivity index (χ2v) is 5.49. The summed E-state index contributed by atoms with van der Waals surface area (Å²) in [5, 5.41) is 12.1. The molecule has 0 bridgehead atoms. The van der Waals surface area contributed by atoms with Crippen molar-refractivity contribution in [3.63, 3.8) is 0 Å². The van der Waals surface area contributed by atoms with Crippen molar-refractivity contribution in [1.29, 1.82) is 0 Å². The predicted octanol–water partition coefficient (Wildman–Crippen LogP) is 0.550. The van der Waals surface area contributed by atoms with Gasteiger partial charge in [-0.1, -0.05) is 0 Å². The van der Waals surface area contributed by atoms with Gasteiger partial charge in [-0.15, -0.1) is 0 Å². The summed E-state index contributed by atoms with van der Waals surface area (Å²) in [4.78, 5) is 13.3. The minimum Gasteiger partial charge on any atom is -0.479 e. The lowest BCUT2D eigenvalue weighted by Crippen LogP contribution is -2.42. The molecule has 2 N–H and O–H groups in total. The molecule has 0 spiro atoms. The summed E-state index contributed by atoms with van der Waals surface area (Å²) in [5.41, 5.74) is 0. The zero-order chi connectivity index (χ0) is 13.0. The Labute approximate surface area is 108 Å². The van der Waals surface area contributed by atoms with Crippen LogP contribution in [0.3, 0.4) is 0 Å². The van der Waals surface area contributed by atoms with E-state index in [-0.39, 0.29) is 6.10 Å². The fourth-order valence-corrected chi connectivity index (χ4v) is 3.08. The quantitative estimate of drug-likeness (QED) is 0.752. The maximum Gasteiger partial charge on any atom is 0.332 e. The Bertz CT molecular complexity index is 283. The zero-order valence-corrected chi connectivity index (χ0v) is 11.1. The molecule has 0 aliphatic carbocycles. The molecule has 0 aromatic carbocycles. The van der Waals surface area contributed by atoms with Gasteiger partial charge >= 0.3 is 5.97 Å². The summed E-state index contributed by atoms with van der Waals surface area (Å²) in [6, 6.07) is 0. The van der Waals surface area contributed by atoms with Gasteiger partial charge in [-0.25, -0.2) is 4.79 Å². The van der Waals surface area contributed by atoms with E-state index in [1.54, 1.807) is 0 Å². The largest absolute Gasteiger partial charge is 0.479 e. The van der Waals surface area contributed by atoms with Crippen LogP contribution in [0.15, 0.2) is 0 Å². The third kappa shape index (κ3) is 3.67. The molecule has 0 radical (unpaired) electrons. The standard InChI is InChI=1S/C13H24N2O3/c1-14-7-10-3-2-6-15(8-10)9-11-4-5-12(18-11)13(16)17/h10-12,14H,2-9H2,1H3,(H,16,17). The number of aliphatic carboxylic acids is 1. The van der Waals surface area contributed by atoms with E-state index in [1.165, 1.54) is 12.8 Å². The molecule has 2 aliphatic rings. The normalized spacial score (nSPS) is 33.7. The van der Waals surface area contributed by atoms with Crippen molar-refractivity contribution >= 4 is 5.97 Å². The lowest BCUT2D eigenvalue weighted by Gasteiger charge is -2.34. The summed E-state index contributed by atoms with van der Waals surface area (Å²) in [7, 11) is 2.00. The average molecular weight is 256 g/mol. The Morgan fingerprint density at radius 3 is 2.94 bits per heavy atom. The van der Waals surface area contributed by atoms with E-state index in [0.717, 1.165) is 38.5 Å². The highest BCUT2D eigenvalue weighted by molar-refractivity contribution is 5.72. The van der Waals surface area contributed by atoms with Crippen LogP contribution in [-0.2, 0) is 9.53 Å². The van der Waals surface area contributed by atoms with Crippen LogP contribution in [0, 0.1) is 5.92 Å². The summed E-state index contributed by atoms with van der Waals surface area (Å²) in [6.45, 7) is 4.19. The van der Waals surface area contributed by atoms with Gasteiger partial charge in [-0.05, 0) is 51.7 Å². The van der Waals surface area contributed by atoms with E-state index in [9.17, 15) is 4.79 Å². The maximum atomic E-state index is 10.8. The highest BCUT2D eigenvalue weighted by atomic mass is 16.5. The van der Waals surface area contributed by atoms with Crippen LogP contribution in [0.25, 0.3) is 0 Å². The first-order chi connectivity index (χ1) is 8.69. The molecule has 2 heterocycles. The summed E-state index contributed by atoms with van der Waals surface area (Å²) in [6.07, 6.45) is 3.60. The van der Waals surface area contributed by atoms with Crippen LogP contribution in [0.1, 0.15) is 25.7 Å². The number of ether oxygens (including phenoxy) is 1. The molecule has 0 aromatic heterocycles. The molecule has 3 atom stereocenters. The van der Waals surface area contributed by atoms with Gasteiger partial charge < -0.3 is 20.1 Å². The number of nitrogens with one attached hydrogen (secondary N) is 1. The molecule has 18 heavy (non-hydrogen) atoms. The van der Waals surface area contributed by atoms with Gasteiger partial charge in [-0.2, -0.15) is 0 Å². The first kappa shape index (κ1) is 13.8. The Morgan fingerprint density at radius 2 is 2.28 bits per heavy atom. The third-order valence-electron chi connectivity index (χ3n) is 3.94. The van der Waals surface area contributed by atoms with Crippen LogP contribution >= 0.6 is 0 Å². The Morgan fingerprint density at radius 1 is 1.44 bits per heavy atom. The van der Waals surface area contributed by atoms with E-state index in [4.69, 9.17) is 9.84 Å². The smallest absolute Gasteiger partial charge is 0.332 e. The molecule has 2 fully saturated rings. The molecular weight excluding hydrogens is 232 g/mol. The first-order valence-corrected chi connectivity index (χ1v) is 6.94.